The lowest BCUT2D eigenvalue weighted by Crippen LogP contribution is -2.35. The van der Waals surface area contributed by atoms with E-state index in [1.807, 2.05) is 45.0 Å². The van der Waals surface area contributed by atoms with Crippen molar-refractivity contribution >= 4 is 62.5 Å². The number of alkyl halides is 3. The number of carbonyl (C=O) groups excluding carboxylic acids is 3. The van der Waals surface area contributed by atoms with Crippen LogP contribution in [0.15, 0.2) is 30.5 Å². The molecule has 14 heteroatoms. The molecule has 3 atom stereocenters. The third-order valence-corrected chi connectivity index (χ3v) is 9.54. The summed E-state index contributed by atoms with van der Waals surface area (Å²) in [5, 5.41) is 14.1. The van der Waals surface area contributed by atoms with Gasteiger partial charge in [-0.15, -0.1) is 11.3 Å². The molecule has 0 bridgehead atoms. The molecule has 3 aliphatic rings. The number of pyridine rings is 1. The number of piperidine rings is 1. The van der Waals surface area contributed by atoms with Crippen LogP contribution in [0, 0.1) is 30.1 Å². The van der Waals surface area contributed by atoms with Crippen molar-refractivity contribution in [1.29, 1.82) is 0 Å². The lowest BCUT2D eigenvalue weighted by molar-refractivity contribution is -0.192. The molecule has 1 aromatic carbocycles. The number of aliphatic carboxylic acids is 1. The molecule has 2 aliphatic heterocycles. The minimum absolute atomic E-state index is 0.00334. The second kappa shape index (κ2) is 11.2. The van der Waals surface area contributed by atoms with Gasteiger partial charge in [0.1, 0.15) is 0 Å². The van der Waals surface area contributed by atoms with Crippen molar-refractivity contribution in [2.45, 2.75) is 39.9 Å². The Balaban J connectivity index is 0.000000472. The first-order valence-electron chi connectivity index (χ1n) is 13.5. The summed E-state index contributed by atoms with van der Waals surface area (Å²) in [6.45, 7) is 7.68. The van der Waals surface area contributed by atoms with Gasteiger partial charge in [-0.1, -0.05) is 25.4 Å². The van der Waals surface area contributed by atoms with Gasteiger partial charge in [-0.05, 0) is 55.1 Å². The van der Waals surface area contributed by atoms with Crippen LogP contribution in [0.5, 0.6) is 0 Å². The molecule has 0 spiro atoms. The molecule has 0 radical (unpaired) electrons. The lowest BCUT2D eigenvalue weighted by Gasteiger charge is -2.19. The second-order valence-electron chi connectivity index (χ2n) is 11.5. The fraction of sp³-hybridized carbons (Fsp3) is 0.414. The summed E-state index contributed by atoms with van der Waals surface area (Å²) in [5.41, 5.74) is 3.92. The molecule has 1 saturated carbocycles. The molecular weight excluding hydrogens is 609 g/mol. The van der Waals surface area contributed by atoms with Gasteiger partial charge in [0, 0.05) is 33.8 Å². The molecule has 3 aromatic rings. The summed E-state index contributed by atoms with van der Waals surface area (Å²) < 4.78 is 32.7. The smallest absolute Gasteiger partial charge is 0.475 e. The van der Waals surface area contributed by atoms with Crippen LogP contribution < -0.4 is 10.6 Å². The number of halogens is 4. The summed E-state index contributed by atoms with van der Waals surface area (Å²) in [4.78, 5) is 54.4. The Morgan fingerprint density at radius 1 is 1.19 bits per heavy atom. The van der Waals surface area contributed by atoms with Gasteiger partial charge < -0.3 is 15.7 Å². The summed E-state index contributed by atoms with van der Waals surface area (Å²) >= 11 is 7.98. The van der Waals surface area contributed by atoms with Gasteiger partial charge in [0.15, 0.2) is 0 Å². The van der Waals surface area contributed by atoms with E-state index in [9.17, 15) is 27.6 Å². The molecule has 228 valence electrons. The summed E-state index contributed by atoms with van der Waals surface area (Å²) in [5.74, 6) is -3.35. The number of benzene rings is 1. The molecule has 3 amide bonds. The molecule has 2 saturated heterocycles. The van der Waals surface area contributed by atoms with Gasteiger partial charge in [-0.25, -0.2) is 4.79 Å². The Morgan fingerprint density at radius 3 is 2.42 bits per heavy atom. The van der Waals surface area contributed by atoms with E-state index >= 15 is 0 Å². The lowest BCUT2D eigenvalue weighted by atomic mass is 9.99. The number of anilines is 1. The van der Waals surface area contributed by atoms with Crippen LogP contribution in [0.2, 0.25) is 5.02 Å². The molecule has 2 aromatic heterocycles. The molecule has 2 unspecified atom stereocenters. The standard InChI is InChI=1S/C27H27ClN4O3S.C2HF3O2/c1-13-8-15(28)9-18(22(13)31-24(33)14-4-6-29-11-14)17-5-7-30-19-10-16(36-23(17)19)12-32-25(34)20-21(26(32)35)27(20,2)3;3-2(4,5)1(6)7/h5,7-10,14,20-21,29H,4,6,11-12H2,1-3H3,(H,31,33);(H,6,7)/t14-,20?,21?;/m0./s1. The first kappa shape index (κ1) is 30.9. The Labute approximate surface area is 253 Å². The van der Waals surface area contributed by atoms with E-state index in [2.05, 4.69) is 15.6 Å². The normalized spacial score (nSPS) is 22.3. The van der Waals surface area contributed by atoms with Crippen LogP contribution in [0.4, 0.5) is 18.9 Å². The predicted molar refractivity (Wildman–Crippen MR) is 154 cm³/mol. The van der Waals surface area contributed by atoms with Crippen molar-refractivity contribution in [2.75, 3.05) is 18.4 Å². The monoisotopic (exact) mass is 636 g/mol. The maximum absolute atomic E-state index is 13.0. The van der Waals surface area contributed by atoms with Crippen molar-refractivity contribution in [2.24, 2.45) is 23.2 Å². The summed E-state index contributed by atoms with van der Waals surface area (Å²) in [7, 11) is 0. The summed E-state index contributed by atoms with van der Waals surface area (Å²) in [6, 6.07) is 7.58. The number of carboxylic acid groups (broad SMARTS) is 1. The molecule has 3 N–H and O–H groups in total. The molecular formula is C29H28ClF3N4O5S. The van der Waals surface area contributed by atoms with E-state index in [0.29, 0.717) is 11.6 Å². The maximum atomic E-state index is 13.0. The number of carboxylic acids is 1. The van der Waals surface area contributed by atoms with Gasteiger partial charge in [0.25, 0.3) is 0 Å². The van der Waals surface area contributed by atoms with Crippen molar-refractivity contribution in [3.63, 3.8) is 0 Å². The quantitative estimate of drug-likeness (QED) is 0.327. The highest BCUT2D eigenvalue weighted by atomic mass is 35.5. The number of amides is 3. The van der Waals surface area contributed by atoms with E-state index in [0.717, 1.165) is 50.4 Å². The number of aromatic nitrogens is 1. The average Bonchev–Trinajstić information content (AvgIpc) is 3.39. The minimum atomic E-state index is -5.08. The Morgan fingerprint density at radius 2 is 1.84 bits per heavy atom. The second-order valence-corrected chi connectivity index (χ2v) is 13.0. The highest BCUT2D eigenvalue weighted by Crippen LogP contribution is 2.63. The Bertz CT molecular complexity index is 1630. The van der Waals surface area contributed by atoms with E-state index in [-0.39, 0.29) is 47.4 Å². The number of imide groups is 1. The van der Waals surface area contributed by atoms with Gasteiger partial charge in [0.2, 0.25) is 17.7 Å². The largest absolute Gasteiger partial charge is 0.490 e. The number of thiophene rings is 1. The fourth-order valence-corrected chi connectivity index (χ4v) is 7.22. The minimum Gasteiger partial charge on any atom is -0.475 e. The molecule has 1 aliphatic carbocycles. The highest BCUT2D eigenvalue weighted by Gasteiger charge is 2.72. The highest BCUT2D eigenvalue weighted by molar-refractivity contribution is 7.19. The zero-order chi connectivity index (χ0) is 31.4. The number of aryl methyl sites for hydroxylation is 1. The zero-order valence-electron chi connectivity index (χ0n) is 23.3. The van der Waals surface area contributed by atoms with Crippen molar-refractivity contribution in [3.05, 3.63) is 45.9 Å². The number of nitrogens with zero attached hydrogens (tertiary/aromatic N) is 2. The van der Waals surface area contributed by atoms with Crippen LogP contribution in [0.1, 0.15) is 30.7 Å². The van der Waals surface area contributed by atoms with Crippen LogP contribution in [-0.4, -0.2) is 57.9 Å². The van der Waals surface area contributed by atoms with Gasteiger partial charge in [-0.2, -0.15) is 13.2 Å². The molecule has 6 rings (SSSR count). The first-order valence-corrected chi connectivity index (χ1v) is 14.7. The Kier molecular flexibility index (Phi) is 8.03. The topological polar surface area (TPSA) is 129 Å². The number of likely N-dealkylation sites (tertiary alicyclic amines) is 1. The van der Waals surface area contributed by atoms with Crippen molar-refractivity contribution in [1.82, 2.24) is 15.2 Å². The van der Waals surface area contributed by atoms with E-state index in [1.165, 1.54) is 16.2 Å². The van der Waals surface area contributed by atoms with Crippen LogP contribution >= 0.6 is 22.9 Å². The SMILES string of the molecule is Cc1cc(Cl)cc(-c2ccnc3cc(CN4C(=O)C5C(C4=O)C5(C)C)sc23)c1NC(=O)[C@H]1CCNC1.O=C(O)C(F)(F)F. The van der Waals surface area contributed by atoms with E-state index in [1.54, 1.807) is 6.20 Å². The number of hydrogen-bond acceptors (Lipinski definition) is 7. The third-order valence-electron chi connectivity index (χ3n) is 8.18. The molecule has 4 heterocycles. The average molecular weight is 637 g/mol. The molecule has 9 nitrogen and oxygen atoms in total. The van der Waals surface area contributed by atoms with E-state index < -0.39 is 12.1 Å². The van der Waals surface area contributed by atoms with Gasteiger partial charge >= 0.3 is 12.1 Å². The first-order chi connectivity index (χ1) is 20.1. The predicted octanol–water partition coefficient (Wildman–Crippen LogP) is 5.25. The maximum Gasteiger partial charge on any atom is 0.490 e. The van der Waals surface area contributed by atoms with Gasteiger partial charge in [0.05, 0.1) is 40.2 Å². The number of hydrogen-bond donors (Lipinski definition) is 3. The molecule has 43 heavy (non-hydrogen) atoms. The zero-order valence-corrected chi connectivity index (χ0v) is 24.9. The van der Waals surface area contributed by atoms with Crippen molar-refractivity contribution in [3.8, 4) is 11.1 Å². The van der Waals surface area contributed by atoms with Gasteiger partial charge in [-0.3, -0.25) is 24.3 Å². The van der Waals surface area contributed by atoms with Crippen LogP contribution in [0.25, 0.3) is 21.3 Å². The number of rotatable bonds is 5. The number of nitrogens with one attached hydrogen (secondary N) is 2. The number of carbonyl (C=O) groups is 4. The number of fused-ring (bicyclic) bond motifs is 2. The molecule has 3 fully saturated rings. The van der Waals surface area contributed by atoms with Crippen LogP contribution in [0.3, 0.4) is 0 Å². The van der Waals surface area contributed by atoms with Crippen molar-refractivity contribution < 1.29 is 37.5 Å². The third kappa shape index (κ3) is 5.85. The van der Waals surface area contributed by atoms with Crippen LogP contribution in [-0.2, 0) is 25.7 Å². The summed E-state index contributed by atoms with van der Waals surface area (Å²) in [6.07, 6.45) is -2.53. The fourth-order valence-electron chi connectivity index (χ4n) is 5.82. The Hall–Kier alpha value is -3.55. The van der Waals surface area contributed by atoms with E-state index in [4.69, 9.17) is 21.5 Å².